The summed E-state index contributed by atoms with van der Waals surface area (Å²) in [7, 11) is -0.604. The molecule has 2 fully saturated rings. The number of ether oxygens (including phenoxy) is 1. The van der Waals surface area contributed by atoms with Crippen LogP contribution in [-0.2, 0) is 29.2 Å². The van der Waals surface area contributed by atoms with Gasteiger partial charge in [-0.3, -0.25) is 19.3 Å². The van der Waals surface area contributed by atoms with Gasteiger partial charge in [-0.1, -0.05) is 6.92 Å². The molecule has 2 aliphatic carbocycles. The fourth-order valence-electron chi connectivity index (χ4n) is 5.94. The van der Waals surface area contributed by atoms with Crippen LogP contribution in [-0.4, -0.2) is 73.5 Å². The molecule has 0 aliphatic heterocycles. The Kier molecular flexibility index (Phi) is 9.60. The second kappa shape index (κ2) is 13.2. The van der Waals surface area contributed by atoms with Gasteiger partial charge >= 0.3 is 0 Å². The maximum Gasteiger partial charge on any atom is 0.270 e. The molecular formula is C32H47N7O3S. The summed E-state index contributed by atoms with van der Waals surface area (Å²) in [6.07, 6.45) is 15.4. The molecule has 3 aromatic rings. The highest BCUT2D eigenvalue weighted by Crippen LogP contribution is 2.51. The molecule has 2 saturated carbocycles. The number of nitrogens with zero attached hydrogens (tertiary/aromatic N) is 5. The molecule has 2 N–H and O–H groups in total. The lowest BCUT2D eigenvalue weighted by Gasteiger charge is -2.27. The Labute approximate surface area is 256 Å². The molecule has 3 heterocycles. The Morgan fingerprint density at radius 1 is 1.07 bits per heavy atom. The zero-order valence-corrected chi connectivity index (χ0v) is 27.2. The summed E-state index contributed by atoms with van der Waals surface area (Å²) >= 11 is 0. The minimum atomic E-state index is -0.612. The van der Waals surface area contributed by atoms with Gasteiger partial charge in [0.05, 0.1) is 35.6 Å². The van der Waals surface area contributed by atoms with E-state index in [1.165, 1.54) is 0 Å². The lowest BCUT2D eigenvalue weighted by molar-refractivity contribution is -0.119. The van der Waals surface area contributed by atoms with E-state index < -0.39 is 16.1 Å². The number of nitrogens with one attached hydrogen (secondary N) is 2. The van der Waals surface area contributed by atoms with Crippen LogP contribution < -0.4 is 10.6 Å². The van der Waals surface area contributed by atoms with Gasteiger partial charge in [0.2, 0.25) is 5.91 Å². The van der Waals surface area contributed by atoms with Gasteiger partial charge in [-0.2, -0.15) is 10.2 Å². The standard InChI is InChI=1S/C32H47N7O3S/c1-7-26-28(21(3)37-39(26)20-42-17-18-43(4,5)6)25-14-13-24(19-33-25)35-32(41)30(29(22-9-10-22)23-11-12-23)36-31(40)27-15-16-34-38(27)8-2/h13-16,19,22-23,29-30H,7-12,17-18,20H2,1-6H3,(H,35,41)(H,36,40). The Bertz CT molecular complexity index is 1410. The molecule has 2 amide bonds. The van der Waals surface area contributed by atoms with Gasteiger partial charge in [-0.25, -0.2) is 14.7 Å². The lowest BCUT2D eigenvalue weighted by Crippen LogP contribution is -2.50. The second-order valence-corrected chi connectivity index (χ2v) is 17.3. The van der Waals surface area contributed by atoms with Gasteiger partial charge < -0.3 is 15.4 Å². The van der Waals surface area contributed by atoms with Crippen LogP contribution in [0.15, 0.2) is 30.6 Å². The summed E-state index contributed by atoms with van der Waals surface area (Å²) in [6, 6.07) is 4.90. The summed E-state index contributed by atoms with van der Waals surface area (Å²) in [4.78, 5) is 31.8. The van der Waals surface area contributed by atoms with Crippen LogP contribution in [0.5, 0.6) is 0 Å². The lowest BCUT2D eigenvalue weighted by atomic mass is 9.88. The van der Waals surface area contributed by atoms with Crippen LogP contribution in [0.2, 0.25) is 0 Å². The number of aromatic nitrogens is 5. The van der Waals surface area contributed by atoms with E-state index >= 15 is 0 Å². The number of rotatable bonds is 15. The molecule has 1 atom stereocenters. The first-order valence-electron chi connectivity index (χ1n) is 15.5. The third-order valence-electron chi connectivity index (χ3n) is 8.44. The maximum atomic E-state index is 13.8. The highest BCUT2D eigenvalue weighted by molar-refractivity contribution is 8.32. The first-order valence-corrected chi connectivity index (χ1v) is 18.5. The van der Waals surface area contributed by atoms with E-state index in [0.717, 1.165) is 67.1 Å². The molecule has 0 saturated heterocycles. The van der Waals surface area contributed by atoms with Crippen molar-refractivity contribution in [3.63, 3.8) is 0 Å². The predicted molar refractivity (Wildman–Crippen MR) is 172 cm³/mol. The van der Waals surface area contributed by atoms with Crippen LogP contribution in [0.25, 0.3) is 11.3 Å². The van der Waals surface area contributed by atoms with E-state index in [9.17, 15) is 9.59 Å². The molecule has 1 unspecified atom stereocenters. The summed E-state index contributed by atoms with van der Waals surface area (Å²) in [6.45, 7) is 7.78. The Morgan fingerprint density at radius 2 is 1.79 bits per heavy atom. The molecule has 3 aromatic heterocycles. The molecule has 2 aliphatic rings. The average molecular weight is 610 g/mol. The largest absolute Gasteiger partial charge is 0.358 e. The molecular weight excluding hydrogens is 562 g/mol. The number of anilines is 1. The zero-order chi connectivity index (χ0) is 30.7. The first-order chi connectivity index (χ1) is 20.6. The van der Waals surface area contributed by atoms with Crippen molar-refractivity contribution in [3.05, 3.63) is 47.7 Å². The van der Waals surface area contributed by atoms with Gasteiger partial charge in [-0.15, -0.1) is 0 Å². The molecule has 43 heavy (non-hydrogen) atoms. The normalized spacial score (nSPS) is 16.3. The van der Waals surface area contributed by atoms with E-state index in [4.69, 9.17) is 14.8 Å². The van der Waals surface area contributed by atoms with Crippen LogP contribution in [0.4, 0.5) is 5.69 Å². The predicted octanol–water partition coefficient (Wildman–Crippen LogP) is 4.87. The van der Waals surface area contributed by atoms with Crippen molar-refractivity contribution in [1.29, 1.82) is 0 Å². The molecule has 0 radical (unpaired) electrons. The minimum absolute atomic E-state index is 0.141. The SMILES string of the molecule is CCc1c(-c2ccc(NC(=O)C(NC(=O)c3ccnn3CC)C(C3CC3)C3CC3)cn2)c(C)nn1COCCS(C)(C)C. The van der Waals surface area contributed by atoms with Crippen LogP contribution in [0.3, 0.4) is 0 Å². The highest BCUT2D eigenvalue weighted by Gasteiger charge is 2.48. The summed E-state index contributed by atoms with van der Waals surface area (Å²) in [5.41, 5.74) is 4.87. The molecule has 5 rings (SSSR count). The van der Waals surface area contributed by atoms with Gasteiger partial charge in [-0.05, 0) is 101 Å². The van der Waals surface area contributed by atoms with Gasteiger partial charge in [0.25, 0.3) is 5.91 Å². The van der Waals surface area contributed by atoms with Crippen molar-refractivity contribution in [2.24, 2.45) is 17.8 Å². The number of pyridine rings is 1. The monoisotopic (exact) mass is 609 g/mol. The molecule has 0 bridgehead atoms. The second-order valence-electron chi connectivity index (χ2n) is 12.7. The minimum Gasteiger partial charge on any atom is -0.358 e. The highest BCUT2D eigenvalue weighted by atomic mass is 32.3. The Morgan fingerprint density at radius 3 is 2.37 bits per heavy atom. The summed E-state index contributed by atoms with van der Waals surface area (Å²) in [5, 5.41) is 15.1. The zero-order valence-electron chi connectivity index (χ0n) is 26.4. The molecule has 0 aromatic carbocycles. The van der Waals surface area contributed by atoms with Crippen molar-refractivity contribution >= 4 is 27.5 Å². The van der Waals surface area contributed by atoms with E-state index in [2.05, 4.69) is 41.4 Å². The van der Waals surface area contributed by atoms with Crippen molar-refractivity contribution in [1.82, 2.24) is 29.9 Å². The van der Waals surface area contributed by atoms with Crippen molar-refractivity contribution in [3.8, 4) is 11.3 Å². The van der Waals surface area contributed by atoms with Crippen LogP contribution in [0, 0.1) is 24.7 Å². The van der Waals surface area contributed by atoms with Gasteiger partial charge in [0, 0.05) is 24.1 Å². The summed E-state index contributed by atoms with van der Waals surface area (Å²) < 4.78 is 9.57. The van der Waals surface area contributed by atoms with E-state index in [-0.39, 0.29) is 17.7 Å². The fraction of sp³-hybridized carbons (Fsp3) is 0.594. The number of carbonyl (C=O) groups is 2. The number of aryl methyl sites for hydroxylation is 2. The van der Waals surface area contributed by atoms with E-state index in [0.29, 0.717) is 36.5 Å². The quantitative estimate of drug-likeness (QED) is 0.238. The topological polar surface area (TPSA) is 116 Å². The van der Waals surface area contributed by atoms with Crippen LogP contribution in [0.1, 0.15) is 61.4 Å². The van der Waals surface area contributed by atoms with Crippen LogP contribution >= 0.6 is 10.0 Å². The summed E-state index contributed by atoms with van der Waals surface area (Å²) in [5.74, 6) is 1.70. The molecule has 11 heteroatoms. The van der Waals surface area contributed by atoms with Crippen molar-refractivity contribution < 1.29 is 14.3 Å². The van der Waals surface area contributed by atoms with E-state index in [1.54, 1.807) is 23.1 Å². The third kappa shape index (κ3) is 7.67. The average Bonchev–Trinajstić information content (AvgIpc) is 3.91. The van der Waals surface area contributed by atoms with E-state index in [1.807, 2.05) is 30.7 Å². The molecule has 234 valence electrons. The molecule has 10 nitrogen and oxygen atoms in total. The van der Waals surface area contributed by atoms with Gasteiger partial charge in [0.15, 0.2) is 0 Å². The number of carbonyl (C=O) groups excluding carboxylic acids is 2. The number of amides is 2. The van der Waals surface area contributed by atoms with Gasteiger partial charge in [0.1, 0.15) is 18.5 Å². The maximum absolute atomic E-state index is 13.8. The smallest absolute Gasteiger partial charge is 0.270 e. The number of hydrogen-bond donors (Lipinski definition) is 2. The van der Waals surface area contributed by atoms with Crippen molar-refractivity contribution in [2.75, 3.05) is 36.4 Å². The molecule has 0 spiro atoms. The Balaban J connectivity index is 1.30. The fourth-order valence-corrected chi connectivity index (χ4v) is 6.56. The number of hydrogen-bond acceptors (Lipinski definition) is 6. The first kappa shape index (κ1) is 31.3. The Hall–Kier alpha value is -3.18. The van der Waals surface area contributed by atoms with Crippen molar-refractivity contribution in [2.45, 2.75) is 72.2 Å². The third-order valence-corrected chi connectivity index (χ3v) is 9.84.